The molecule has 0 saturated heterocycles. The van der Waals surface area contributed by atoms with Crippen LogP contribution in [0.5, 0.6) is 0 Å². The number of halogens is 1. The molecule has 0 aliphatic carbocycles. The zero-order valence-corrected chi connectivity index (χ0v) is 15.8. The number of benzodiazepines with no additional fused rings is 1. The number of ketones is 1. The highest BCUT2D eigenvalue weighted by molar-refractivity contribution is 6.31. The summed E-state index contributed by atoms with van der Waals surface area (Å²) in [6, 6.07) is 24.0. The number of rotatable bonds is 4. The van der Waals surface area contributed by atoms with Gasteiger partial charge in [-0.3, -0.25) is 14.6 Å². The van der Waals surface area contributed by atoms with E-state index < -0.39 is 0 Å². The van der Waals surface area contributed by atoms with Crippen LogP contribution in [0.15, 0.2) is 83.9 Å². The molecular weight excluding hydrogens is 372 g/mol. The van der Waals surface area contributed by atoms with Crippen LogP contribution in [0.4, 0.5) is 5.69 Å². The van der Waals surface area contributed by atoms with E-state index in [1.807, 2.05) is 54.6 Å². The van der Waals surface area contributed by atoms with Crippen molar-refractivity contribution in [2.24, 2.45) is 4.99 Å². The molecule has 0 fully saturated rings. The number of Topliss-reactive ketones (excluding diaryl/α,β-unsaturated/α-hetero) is 1. The van der Waals surface area contributed by atoms with Crippen LogP contribution < -0.4 is 4.90 Å². The first kappa shape index (κ1) is 18.1. The minimum atomic E-state index is -0.214. The first-order chi connectivity index (χ1) is 13.6. The molecule has 1 heterocycles. The second kappa shape index (κ2) is 7.79. The van der Waals surface area contributed by atoms with Crippen LogP contribution in [0.25, 0.3) is 0 Å². The highest BCUT2D eigenvalue weighted by atomic mass is 35.5. The summed E-state index contributed by atoms with van der Waals surface area (Å²) in [7, 11) is 0. The maximum absolute atomic E-state index is 12.8. The molecule has 0 unspecified atom stereocenters. The van der Waals surface area contributed by atoms with E-state index >= 15 is 0 Å². The monoisotopic (exact) mass is 388 g/mol. The quantitative estimate of drug-likeness (QED) is 0.622. The lowest BCUT2D eigenvalue weighted by atomic mass is 10.00. The van der Waals surface area contributed by atoms with Gasteiger partial charge in [-0.15, -0.1) is 0 Å². The predicted octanol–water partition coefficient (Wildman–Crippen LogP) is 4.41. The van der Waals surface area contributed by atoms with Gasteiger partial charge >= 0.3 is 0 Å². The summed E-state index contributed by atoms with van der Waals surface area (Å²) in [5.41, 5.74) is 3.68. The average molecular weight is 389 g/mol. The number of carbonyl (C=O) groups excluding carboxylic acids is 2. The molecule has 4 rings (SSSR count). The maximum Gasteiger partial charge on any atom is 0.249 e. The van der Waals surface area contributed by atoms with E-state index in [2.05, 4.69) is 4.99 Å². The van der Waals surface area contributed by atoms with E-state index in [0.717, 1.165) is 16.8 Å². The number of fused-ring (bicyclic) bond motifs is 1. The van der Waals surface area contributed by atoms with Crippen LogP contribution in [-0.4, -0.2) is 30.5 Å². The fraction of sp³-hybridized carbons (Fsp3) is 0.0870. The SMILES string of the molecule is O=C(CN1C(=O)CN=C(c2ccccc2)c2ccccc21)c1cccc(Cl)c1. The Bertz CT molecular complexity index is 1080. The molecular formula is C23H17ClN2O2. The molecule has 4 nitrogen and oxygen atoms in total. The van der Waals surface area contributed by atoms with Gasteiger partial charge in [0.15, 0.2) is 5.78 Å². The smallest absolute Gasteiger partial charge is 0.249 e. The van der Waals surface area contributed by atoms with Gasteiger partial charge in [-0.2, -0.15) is 0 Å². The molecule has 0 spiro atoms. The van der Waals surface area contributed by atoms with E-state index in [9.17, 15) is 9.59 Å². The number of nitrogens with zero attached hydrogens (tertiary/aromatic N) is 2. The Morgan fingerprint density at radius 2 is 1.71 bits per heavy atom. The Kier molecular flexibility index (Phi) is 5.04. The third-order valence-corrected chi connectivity index (χ3v) is 4.85. The largest absolute Gasteiger partial charge is 0.302 e. The molecule has 3 aromatic rings. The zero-order valence-electron chi connectivity index (χ0n) is 15.0. The van der Waals surface area contributed by atoms with E-state index in [-0.39, 0.29) is 24.8 Å². The number of amides is 1. The number of hydrogen-bond acceptors (Lipinski definition) is 3. The van der Waals surface area contributed by atoms with Crippen molar-refractivity contribution in [1.29, 1.82) is 0 Å². The first-order valence-corrected chi connectivity index (χ1v) is 9.29. The first-order valence-electron chi connectivity index (χ1n) is 8.92. The van der Waals surface area contributed by atoms with Crippen molar-refractivity contribution < 1.29 is 9.59 Å². The summed E-state index contributed by atoms with van der Waals surface area (Å²) >= 11 is 6.00. The van der Waals surface area contributed by atoms with Gasteiger partial charge in [-0.1, -0.05) is 72.3 Å². The fourth-order valence-corrected chi connectivity index (χ4v) is 3.46. The normalized spacial score (nSPS) is 13.5. The summed E-state index contributed by atoms with van der Waals surface area (Å²) in [6.45, 7) is -0.0739. The van der Waals surface area contributed by atoms with E-state index in [1.165, 1.54) is 4.90 Å². The third kappa shape index (κ3) is 3.59. The van der Waals surface area contributed by atoms with Gasteiger partial charge < -0.3 is 4.90 Å². The molecule has 0 saturated carbocycles. The molecule has 3 aromatic carbocycles. The summed E-state index contributed by atoms with van der Waals surface area (Å²) in [5, 5.41) is 0.489. The highest BCUT2D eigenvalue weighted by Crippen LogP contribution is 2.27. The Hall–Kier alpha value is -3.24. The van der Waals surface area contributed by atoms with Gasteiger partial charge in [0.25, 0.3) is 0 Å². The van der Waals surface area contributed by atoms with Gasteiger partial charge in [0.1, 0.15) is 6.54 Å². The van der Waals surface area contributed by atoms with Gasteiger partial charge in [0.05, 0.1) is 17.9 Å². The third-order valence-electron chi connectivity index (χ3n) is 4.62. The van der Waals surface area contributed by atoms with Gasteiger partial charge in [0, 0.05) is 21.7 Å². The van der Waals surface area contributed by atoms with Crippen LogP contribution >= 0.6 is 11.6 Å². The number of aliphatic imine (C=N–C) groups is 1. The topological polar surface area (TPSA) is 49.7 Å². The minimum absolute atomic E-state index is 0.0122. The summed E-state index contributed by atoms with van der Waals surface area (Å²) in [4.78, 5) is 31.7. The molecule has 1 aliphatic rings. The molecule has 138 valence electrons. The number of benzene rings is 3. The number of anilines is 1. The van der Waals surface area contributed by atoms with Crippen LogP contribution in [0.3, 0.4) is 0 Å². The van der Waals surface area contributed by atoms with E-state index in [4.69, 9.17) is 11.6 Å². The average Bonchev–Trinajstić information content (AvgIpc) is 2.86. The molecule has 1 amide bonds. The van der Waals surface area contributed by atoms with Crippen LogP contribution in [0.2, 0.25) is 5.02 Å². The van der Waals surface area contributed by atoms with Crippen LogP contribution in [-0.2, 0) is 4.79 Å². The highest BCUT2D eigenvalue weighted by Gasteiger charge is 2.26. The van der Waals surface area contributed by atoms with E-state index in [0.29, 0.717) is 16.3 Å². The van der Waals surface area contributed by atoms with E-state index in [1.54, 1.807) is 24.3 Å². The Morgan fingerprint density at radius 1 is 0.964 bits per heavy atom. The molecule has 0 bridgehead atoms. The Labute approximate surface area is 168 Å². The van der Waals surface area contributed by atoms with Crippen molar-refractivity contribution in [2.45, 2.75) is 0 Å². The lowest BCUT2D eigenvalue weighted by Crippen LogP contribution is -2.37. The lowest BCUT2D eigenvalue weighted by Gasteiger charge is -2.22. The second-order valence-corrected chi connectivity index (χ2v) is 6.90. The standard InChI is InChI=1S/C23H17ClN2O2/c24-18-10-6-9-17(13-18)21(27)15-26-20-12-5-4-11-19(20)23(25-14-22(26)28)16-7-2-1-3-8-16/h1-13H,14-15H2. The Balaban J connectivity index is 1.72. The molecule has 0 N–H and O–H groups in total. The lowest BCUT2D eigenvalue weighted by molar-refractivity contribution is -0.117. The van der Waals surface area contributed by atoms with Crippen molar-refractivity contribution in [3.63, 3.8) is 0 Å². The molecule has 0 aromatic heterocycles. The molecule has 0 radical (unpaired) electrons. The minimum Gasteiger partial charge on any atom is -0.302 e. The number of para-hydroxylation sites is 1. The van der Waals surface area contributed by atoms with Crippen molar-refractivity contribution in [3.8, 4) is 0 Å². The van der Waals surface area contributed by atoms with Crippen molar-refractivity contribution in [2.75, 3.05) is 18.0 Å². The fourth-order valence-electron chi connectivity index (χ4n) is 3.27. The van der Waals surface area contributed by atoms with Crippen LogP contribution in [0.1, 0.15) is 21.5 Å². The Morgan fingerprint density at radius 3 is 2.50 bits per heavy atom. The summed E-state index contributed by atoms with van der Waals surface area (Å²) in [5.74, 6) is -0.387. The van der Waals surface area contributed by atoms with Gasteiger partial charge in [0.2, 0.25) is 5.91 Å². The molecule has 5 heteroatoms. The zero-order chi connectivity index (χ0) is 19.5. The predicted molar refractivity (Wildman–Crippen MR) is 112 cm³/mol. The summed E-state index contributed by atoms with van der Waals surface area (Å²) in [6.07, 6.45) is 0. The second-order valence-electron chi connectivity index (χ2n) is 6.46. The van der Waals surface area contributed by atoms with Crippen molar-refractivity contribution in [1.82, 2.24) is 0 Å². The van der Waals surface area contributed by atoms with Crippen molar-refractivity contribution >= 4 is 34.7 Å². The van der Waals surface area contributed by atoms with Gasteiger partial charge in [-0.25, -0.2) is 0 Å². The number of hydrogen-bond donors (Lipinski definition) is 0. The molecule has 0 atom stereocenters. The molecule has 28 heavy (non-hydrogen) atoms. The maximum atomic E-state index is 12.8. The van der Waals surface area contributed by atoms with Crippen LogP contribution in [0, 0.1) is 0 Å². The molecule has 1 aliphatic heterocycles. The number of carbonyl (C=O) groups is 2. The van der Waals surface area contributed by atoms with Crippen molar-refractivity contribution in [3.05, 3.63) is 101 Å². The summed E-state index contributed by atoms with van der Waals surface area (Å²) < 4.78 is 0. The van der Waals surface area contributed by atoms with Gasteiger partial charge in [-0.05, 0) is 18.2 Å².